The van der Waals surface area contributed by atoms with Gasteiger partial charge in [0.05, 0.1) is 18.2 Å². The average Bonchev–Trinajstić information content (AvgIpc) is 3.00. The summed E-state index contributed by atoms with van der Waals surface area (Å²) in [7, 11) is 0. The molecule has 2 saturated heterocycles. The van der Waals surface area contributed by atoms with Gasteiger partial charge in [-0.1, -0.05) is 12.1 Å². The Balaban J connectivity index is 1.46. The van der Waals surface area contributed by atoms with Crippen LogP contribution in [0.4, 0.5) is 9.18 Å². The number of rotatable bonds is 4. The molecule has 4 atom stereocenters. The number of benzene rings is 1. The zero-order chi connectivity index (χ0) is 14.8. The third-order valence-corrected chi connectivity index (χ3v) is 4.23. The summed E-state index contributed by atoms with van der Waals surface area (Å²) in [5, 5.41) is 5.90. The molecule has 0 aliphatic carbocycles. The summed E-state index contributed by atoms with van der Waals surface area (Å²) in [4.78, 5) is 12.0. The molecule has 5 heteroatoms. The molecule has 4 nitrogen and oxygen atoms in total. The summed E-state index contributed by atoms with van der Waals surface area (Å²) in [6, 6.07) is 6.38. The van der Waals surface area contributed by atoms with Crippen molar-refractivity contribution in [2.24, 2.45) is 0 Å². The molecule has 1 aromatic rings. The number of hydrogen-bond donors (Lipinski definition) is 2. The Labute approximate surface area is 124 Å². The number of carbonyl (C=O) groups excluding carboxylic acids is 1. The maximum Gasteiger partial charge on any atom is 0.315 e. The van der Waals surface area contributed by atoms with Crippen molar-refractivity contribution in [2.45, 2.75) is 56.9 Å². The lowest BCUT2D eigenvalue weighted by Gasteiger charge is -2.22. The predicted molar refractivity (Wildman–Crippen MR) is 77.5 cm³/mol. The fraction of sp³-hybridized carbons (Fsp3) is 0.562. The number of halogens is 1. The van der Waals surface area contributed by atoms with E-state index in [0.29, 0.717) is 12.5 Å². The van der Waals surface area contributed by atoms with Crippen LogP contribution in [0.3, 0.4) is 0 Å². The minimum absolute atomic E-state index is 0.0497. The van der Waals surface area contributed by atoms with E-state index in [-0.39, 0.29) is 30.0 Å². The van der Waals surface area contributed by atoms with Crippen molar-refractivity contribution in [1.29, 1.82) is 0 Å². The van der Waals surface area contributed by atoms with Gasteiger partial charge in [-0.25, -0.2) is 9.18 Å². The SMILES string of the molecule is C[C@H](Cc1cccc(F)c1)NC(=O)N[C@H]1C[C@H]2CC[C@H]1O2. The van der Waals surface area contributed by atoms with Crippen molar-refractivity contribution in [3.63, 3.8) is 0 Å². The van der Waals surface area contributed by atoms with Crippen molar-refractivity contribution < 1.29 is 13.9 Å². The fourth-order valence-corrected chi connectivity index (χ4v) is 3.29. The Morgan fingerprint density at radius 3 is 3.00 bits per heavy atom. The molecule has 114 valence electrons. The minimum Gasteiger partial charge on any atom is -0.373 e. The molecule has 0 spiro atoms. The molecule has 2 aliphatic heterocycles. The third kappa shape index (κ3) is 3.53. The number of ether oxygens (including phenoxy) is 1. The Bertz CT molecular complexity index is 523. The van der Waals surface area contributed by atoms with E-state index < -0.39 is 0 Å². The molecule has 0 unspecified atom stereocenters. The highest BCUT2D eigenvalue weighted by Crippen LogP contribution is 2.34. The molecule has 2 fully saturated rings. The van der Waals surface area contributed by atoms with Crippen LogP contribution in [0.25, 0.3) is 0 Å². The van der Waals surface area contributed by atoms with Crippen molar-refractivity contribution in [3.8, 4) is 0 Å². The second-order valence-corrected chi connectivity index (χ2v) is 6.07. The van der Waals surface area contributed by atoms with Crippen LogP contribution in [0, 0.1) is 5.82 Å². The van der Waals surface area contributed by atoms with E-state index in [1.807, 2.05) is 13.0 Å². The molecule has 1 aromatic carbocycles. The van der Waals surface area contributed by atoms with Crippen LogP contribution in [0.2, 0.25) is 0 Å². The fourth-order valence-electron chi connectivity index (χ4n) is 3.29. The summed E-state index contributed by atoms with van der Waals surface area (Å²) >= 11 is 0. The molecule has 0 radical (unpaired) electrons. The molecule has 2 N–H and O–H groups in total. The highest BCUT2D eigenvalue weighted by atomic mass is 19.1. The lowest BCUT2D eigenvalue weighted by molar-refractivity contribution is 0.0980. The molecule has 2 aliphatic rings. The third-order valence-electron chi connectivity index (χ3n) is 4.23. The van der Waals surface area contributed by atoms with E-state index in [1.54, 1.807) is 6.07 Å². The van der Waals surface area contributed by atoms with Crippen LogP contribution in [-0.2, 0) is 11.2 Å². The van der Waals surface area contributed by atoms with Crippen molar-refractivity contribution in [3.05, 3.63) is 35.6 Å². The van der Waals surface area contributed by atoms with Gasteiger partial charge < -0.3 is 15.4 Å². The van der Waals surface area contributed by atoms with Gasteiger partial charge >= 0.3 is 6.03 Å². The maximum absolute atomic E-state index is 13.1. The first kappa shape index (κ1) is 14.3. The molecule has 2 heterocycles. The standard InChI is InChI=1S/C16H21FN2O2/c1-10(7-11-3-2-4-12(17)8-11)18-16(20)19-14-9-13-5-6-15(14)21-13/h2-4,8,10,13-15H,5-7,9H2,1H3,(H2,18,19,20)/t10-,13-,14+,15-/m1/s1. The number of hydrogen-bond acceptors (Lipinski definition) is 2. The average molecular weight is 292 g/mol. The quantitative estimate of drug-likeness (QED) is 0.895. The van der Waals surface area contributed by atoms with Gasteiger partial charge in [0.2, 0.25) is 0 Å². The van der Waals surface area contributed by atoms with Crippen LogP contribution in [0.15, 0.2) is 24.3 Å². The molecule has 2 amide bonds. The monoisotopic (exact) mass is 292 g/mol. The van der Waals surface area contributed by atoms with Gasteiger partial charge in [-0.3, -0.25) is 0 Å². The number of urea groups is 1. The van der Waals surface area contributed by atoms with E-state index in [9.17, 15) is 9.18 Å². The Hall–Kier alpha value is -1.62. The number of fused-ring (bicyclic) bond motifs is 2. The van der Waals surface area contributed by atoms with Crippen LogP contribution < -0.4 is 10.6 Å². The van der Waals surface area contributed by atoms with Crippen LogP contribution in [-0.4, -0.2) is 30.3 Å². The van der Waals surface area contributed by atoms with E-state index >= 15 is 0 Å². The van der Waals surface area contributed by atoms with E-state index in [1.165, 1.54) is 12.1 Å². The predicted octanol–water partition coefficient (Wildman–Crippen LogP) is 2.38. The van der Waals surface area contributed by atoms with E-state index in [2.05, 4.69) is 10.6 Å². The number of nitrogens with one attached hydrogen (secondary N) is 2. The van der Waals surface area contributed by atoms with Gasteiger partial charge in [-0.05, 0) is 50.3 Å². The summed E-state index contributed by atoms with van der Waals surface area (Å²) in [5.74, 6) is -0.247. The normalized spacial score (nSPS) is 28.4. The van der Waals surface area contributed by atoms with Crippen LogP contribution in [0.5, 0.6) is 0 Å². The van der Waals surface area contributed by atoms with E-state index in [4.69, 9.17) is 4.74 Å². The first-order valence-electron chi connectivity index (χ1n) is 7.57. The first-order chi connectivity index (χ1) is 10.1. The Morgan fingerprint density at radius 2 is 2.33 bits per heavy atom. The number of carbonyl (C=O) groups is 1. The second kappa shape index (κ2) is 6.02. The highest BCUT2D eigenvalue weighted by Gasteiger charge is 2.41. The molecule has 0 aromatic heterocycles. The molecule has 0 saturated carbocycles. The molecule has 2 bridgehead atoms. The van der Waals surface area contributed by atoms with Gasteiger partial charge in [0.1, 0.15) is 5.82 Å². The van der Waals surface area contributed by atoms with Crippen molar-refractivity contribution >= 4 is 6.03 Å². The smallest absolute Gasteiger partial charge is 0.315 e. The van der Waals surface area contributed by atoms with Crippen molar-refractivity contribution in [2.75, 3.05) is 0 Å². The topological polar surface area (TPSA) is 50.4 Å². The van der Waals surface area contributed by atoms with E-state index in [0.717, 1.165) is 24.8 Å². The van der Waals surface area contributed by atoms with Gasteiger partial charge in [-0.15, -0.1) is 0 Å². The lowest BCUT2D eigenvalue weighted by Crippen LogP contribution is -2.49. The second-order valence-electron chi connectivity index (χ2n) is 6.07. The van der Waals surface area contributed by atoms with Gasteiger partial charge in [0, 0.05) is 6.04 Å². The molecular formula is C16H21FN2O2. The van der Waals surface area contributed by atoms with Crippen molar-refractivity contribution in [1.82, 2.24) is 10.6 Å². The summed E-state index contributed by atoms with van der Waals surface area (Å²) in [6.45, 7) is 1.92. The summed E-state index contributed by atoms with van der Waals surface area (Å²) in [6.07, 6.45) is 4.17. The highest BCUT2D eigenvalue weighted by molar-refractivity contribution is 5.74. The molecule has 21 heavy (non-hydrogen) atoms. The zero-order valence-electron chi connectivity index (χ0n) is 12.1. The summed E-state index contributed by atoms with van der Waals surface area (Å²) < 4.78 is 18.8. The minimum atomic E-state index is -0.247. The maximum atomic E-state index is 13.1. The first-order valence-corrected chi connectivity index (χ1v) is 7.57. The molecular weight excluding hydrogens is 271 g/mol. The zero-order valence-corrected chi connectivity index (χ0v) is 12.1. The van der Waals surface area contributed by atoms with Gasteiger partial charge in [-0.2, -0.15) is 0 Å². The molecule has 3 rings (SSSR count). The van der Waals surface area contributed by atoms with Crippen LogP contribution in [0.1, 0.15) is 31.7 Å². The van der Waals surface area contributed by atoms with Gasteiger partial charge in [0.25, 0.3) is 0 Å². The van der Waals surface area contributed by atoms with Gasteiger partial charge in [0.15, 0.2) is 0 Å². The Kier molecular flexibility index (Phi) is 4.10. The largest absolute Gasteiger partial charge is 0.373 e. The van der Waals surface area contributed by atoms with Crippen LogP contribution >= 0.6 is 0 Å². The number of amides is 2. The summed E-state index contributed by atoms with van der Waals surface area (Å²) in [5.41, 5.74) is 0.881. The Morgan fingerprint density at radius 1 is 1.48 bits per heavy atom. The lowest BCUT2D eigenvalue weighted by atomic mass is 9.96.